The van der Waals surface area contributed by atoms with Crippen molar-refractivity contribution >= 4 is 32.8 Å². The van der Waals surface area contributed by atoms with Gasteiger partial charge in [0.05, 0.1) is 18.9 Å². The summed E-state index contributed by atoms with van der Waals surface area (Å²) in [7, 11) is 2.89. The van der Waals surface area contributed by atoms with Gasteiger partial charge in [0.2, 0.25) is 0 Å². The van der Waals surface area contributed by atoms with Crippen LogP contribution in [0.15, 0.2) is 18.2 Å². The summed E-state index contributed by atoms with van der Waals surface area (Å²) >= 11 is 1.37. The fraction of sp³-hybridized carbons (Fsp3) is 0.200. The number of benzene rings is 1. The summed E-state index contributed by atoms with van der Waals surface area (Å²) in [5.41, 5.74) is 0.737. The van der Waals surface area contributed by atoms with Gasteiger partial charge in [0.15, 0.2) is 5.13 Å². The largest absolute Gasteiger partial charge is 0.494 e. The molecule has 0 bridgehead atoms. The highest BCUT2D eigenvalue weighted by Crippen LogP contribution is 2.31. The van der Waals surface area contributed by atoms with E-state index in [-0.39, 0.29) is 0 Å². The van der Waals surface area contributed by atoms with Crippen molar-refractivity contribution in [1.29, 1.82) is 0 Å². The number of anilines is 1. The fourth-order valence-corrected chi connectivity index (χ4v) is 2.15. The van der Waals surface area contributed by atoms with E-state index >= 15 is 0 Å². The number of para-hydroxylation sites is 1. The molecule has 0 radical (unpaired) electrons. The molecule has 1 aromatic carbocycles. The van der Waals surface area contributed by atoms with E-state index in [1.54, 1.807) is 7.11 Å². The summed E-state index contributed by atoms with van der Waals surface area (Å²) in [4.78, 5) is 15.3. The van der Waals surface area contributed by atoms with Crippen molar-refractivity contribution in [2.75, 3.05) is 19.5 Å². The van der Waals surface area contributed by atoms with E-state index in [4.69, 9.17) is 4.74 Å². The molecule has 2 rings (SSSR count). The van der Waals surface area contributed by atoms with Crippen LogP contribution in [0.5, 0.6) is 5.75 Å². The zero-order valence-electron chi connectivity index (χ0n) is 8.81. The first-order chi connectivity index (χ1) is 7.74. The molecule has 1 amide bonds. The van der Waals surface area contributed by atoms with Crippen LogP contribution >= 0.6 is 11.3 Å². The standard InChI is InChI=1S/C10H10N2O3S/c1-14-6-4-3-5-7-8(6)11-9(16-7)12-10(13)15-2/h3-5H,1-2H3,(H,11,12,13). The van der Waals surface area contributed by atoms with E-state index in [2.05, 4.69) is 15.0 Å². The average molecular weight is 238 g/mol. The second kappa shape index (κ2) is 4.36. The van der Waals surface area contributed by atoms with Gasteiger partial charge < -0.3 is 9.47 Å². The third-order valence-electron chi connectivity index (χ3n) is 2.00. The lowest BCUT2D eigenvalue weighted by atomic mass is 10.3. The number of nitrogens with zero attached hydrogens (tertiary/aromatic N) is 1. The Morgan fingerprint density at radius 1 is 1.44 bits per heavy atom. The van der Waals surface area contributed by atoms with Gasteiger partial charge in [0.1, 0.15) is 11.3 Å². The van der Waals surface area contributed by atoms with Gasteiger partial charge in [-0.1, -0.05) is 17.4 Å². The molecule has 0 aliphatic rings. The van der Waals surface area contributed by atoms with Crippen molar-refractivity contribution in [3.8, 4) is 5.75 Å². The summed E-state index contributed by atoms with van der Waals surface area (Å²) in [6, 6.07) is 5.61. The Morgan fingerprint density at radius 3 is 2.94 bits per heavy atom. The number of carbonyl (C=O) groups excluding carboxylic acids is 1. The van der Waals surface area contributed by atoms with Gasteiger partial charge in [0.25, 0.3) is 0 Å². The van der Waals surface area contributed by atoms with Crippen LogP contribution in [0.4, 0.5) is 9.93 Å². The molecule has 0 spiro atoms. The van der Waals surface area contributed by atoms with E-state index in [9.17, 15) is 4.79 Å². The third-order valence-corrected chi connectivity index (χ3v) is 2.93. The highest BCUT2D eigenvalue weighted by Gasteiger charge is 2.10. The molecule has 1 N–H and O–H groups in total. The van der Waals surface area contributed by atoms with E-state index < -0.39 is 6.09 Å². The van der Waals surface area contributed by atoms with Crippen LogP contribution in [0.3, 0.4) is 0 Å². The van der Waals surface area contributed by atoms with Crippen molar-refractivity contribution in [2.45, 2.75) is 0 Å². The van der Waals surface area contributed by atoms with Gasteiger partial charge in [-0.25, -0.2) is 9.78 Å². The number of nitrogens with one attached hydrogen (secondary N) is 1. The molecule has 0 saturated heterocycles. The molecule has 5 nitrogen and oxygen atoms in total. The first-order valence-corrected chi connectivity index (χ1v) is 5.34. The smallest absolute Gasteiger partial charge is 0.413 e. The fourth-order valence-electron chi connectivity index (χ4n) is 1.28. The number of ether oxygens (including phenoxy) is 2. The summed E-state index contributed by atoms with van der Waals surface area (Å²) in [5.74, 6) is 0.687. The van der Waals surface area contributed by atoms with Crippen LogP contribution in [-0.2, 0) is 4.74 Å². The molecule has 6 heteroatoms. The SMILES string of the molecule is COC(=O)Nc1nc2c(OC)cccc2s1. The minimum absolute atomic E-state index is 0.492. The molecule has 0 aliphatic carbocycles. The van der Waals surface area contributed by atoms with Gasteiger partial charge in [0, 0.05) is 0 Å². The molecular formula is C10H10N2O3S. The average Bonchev–Trinajstić information content (AvgIpc) is 2.70. The van der Waals surface area contributed by atoms with Crippen LogP contribution in [-0.4, -0.2) is 25.3 Å². The van der Waals surface area contributed by atoms with Crippen molar-refractivity contribution in [2.24, 2.45) is 0 Å². The maximum Gasteiger partial charge on any atom is 0.413 e. The number of aromatic nitrogens is 1. The van der Waals surface area contributed by atoms with Crippen LogP contribution < -0.4 is 10.1 Å². The topological polar surface area (TPSA) is 60.5 Å². The first-order valence-electron chi connectivity index (χ1n) is 4.53. The molecule has 2 aromatic rings. The van der Waals surface area contributed by atoms with Crippen LogP contribution in [0.25, 0.3) is 10.2 Å². The van der Waals surface area contributed by atoms with Gasteiger partial charge in [-0.3, -0.25) is 5.32 Å². The molecule has 0 unspecified atom stereocenters. The molecule has 0 atom stereocenters. The Balaban J connectivity index is 2.39. The maximum absolute atomic E-state index is 11.0. The van der Waals surface area contributed by atoms with Gasteiger partial charge in [-0.15, -0.1) is 0 Å². The van der Waals surface area contributed by atoms with Crippen LogP contribution in [0.2, 0.25) is 0 Å². The van der Waals surface area contributed by atoms with E-state index in [0.29, 0.717) is 10.9 Å². The summed E-state index contributed by atoms with van der Waals surface area (Å²) in [6.45, 7) is 0. The lowest BCUT2D eigenvalue weighted by Crippen LogP contribution is -2.10. The lowest BCUT2D eigenvalue weighted by Gasteiger charge is -1.98. The van der Waals surface area contributed by atoms with Crippen molar-refractivity contribution < 1.29 is 14.3 Å². The number of methoxy groups -OCH3 is 2. The summed E-state index contributed by atoms with van der Waals surface area (Å²) in [6.07, 6.45) is -0.530. The normalized spacial score (nSPS) is 10.1. The number of thiazole rings is 1. The first kappa shape index (κ1) is 10.7. The zero-order valence-corrected chi connectivity index (χ0v) is 9.63. The molecule has 84 valence electrons. The molecule has 1 aromatic heterocycles. The van der Waals surface area contributed by atoms with Crippen LogP contribution in [0.1, 0.15) is 0 Å². The van der Waals surface area contributed by atoms with Crippen LogP contribution in [0, 0.1) is 0 Å². The van der Waals surface area contributed by atoms with E-state index in [1.165, 1.54) is 18.4 Å². The van der Waals surface area contributed by atoms with Crippen molar-refractivity contribution in [3.63, 3.8) is 0 Å². The number of rotatable bonds is 2. The third kappa shape index (κ3) is 1.92. The van der Waals surface area contributed by atoms with Gasteiger partial charge >= 0.3 is 6.09 Å². The van der Waals surface area contributed by atoms with Crippen molar-refractivity contribution in [3.05, 3.63) is 18.2 Å². The predicted octanol–water partition coefficient (Wildman–Crippen LogP) is 2.48. The number of carbonyl (C=O) groups is 1. The second-order valence-electron chi connectivity index (χ2n) is 2.94. The second-order valence-corrected chi connectivity index (χ2v) is 3.97. The van der Waals surface area contributed by atoms with E-state index in [1.807, 2.05) is 18.2 Å². The quantitative estimate of drug-likeness (QED) is 0.873. The molecule has 0 aliphatic heterocycles. The van der Waals surface area contributed by atoms with E-state index in [0.717, 1.165) is 10.2 Å². The maximum atomic E-state index is 11.0. The highest BCUT2D eigenvalue weighted by molar-refractivity contribution is 7.22. The molecule has 16 heavy (non-hydrogen) atoms. The Hall–Kier alpha value is -1.82. The minimum atomic E-state index is -0.530. The predicted molar refractivity (Wildman–Crippen MR) is 62.2 cm³/mol. The number of fused-ring (bicyclic) bond motifs is 1. The molecule has 1 heterocycles. The lowest BCUT2D eigenvalue weighted by molar-refractivity contribution is 0.187. The number of amides is 1. The molecular weight excluding hydrogens is 228 g/mol. The van der Waals surface area contributed by atoms with Gasteiger partial charge in [-0.05, 0) is 12.1 Å². The zero-order chi connectivity index (χ0) is 11.5. The monoisotopic (exact) mass is 238 g/mol. The van der Waals surface area contributed by atoms with Gasteiger partial charge in [-0.2, -0.15) is 0 Å². The summed E-state index contributed by atoms with van der Waals surface area (Å²) in [5, 5.41) is 3.02. The Morgan fingerprint density at radius 2 is 2.25 bits per heavy atom. The Bertz CT molecular complexity index is 524. The summed E-state index contributed by atoms with van der Waals surface area (Å²) < 4.78 is 10.6. The number of hydrogen-bond acceptors (Lipinski definition) is 5. The number of hydrogen-bond donors (Lipinski definition) is 1. The molecule has 0 saturated carbocycles. The molecule has 0 fully saturated rings. The van der Waals surface area contributed by atoms with Crippen molar-refractivity contribution in [1.82, 2.24) is 4.98 Å². The Labute approximate surface area is 96.0 Å². The Kier molecular flexibility index (Phi) is 2.91. The highest BCUT2D eigenvalue weighted by atomic mass is 32.1. The minimum Gasteiger partial charge on any atom is -0.494 e.